The summed E-state index contributed by atoms with van der Waals surface area (Å²) in [6, 6.07) is 11.5. The number of amides is 1. The first-order valence-corrected chi connectivity index (χ1v) is 10.2. The average molecular weight is 543 g/mol. The summed E-state index contributed by atoms with van der Waals surface area (Å²) in [4.78, 5) is 22.9. The molecule has 1 aromatic heterocycles. The first kappa shape index (κ1) is 24.2. The van der Waals surface area contributed by atoms with Crippen molar-refractivity contribution in [2.45, 2.75) is 25.9 Å². The second kappa shape index (κ2) is 11.9. The molecule has 0 saturated carbocycles. The van der Waals surface area contributed by atoms with Crippen LogP contribution in [-0.2, 0) is 6.54 Å². The van der Waals surface area contributed by atoms with Gasteiger partial charge in [-0.1, -0.05) is 23.7 Å². The van der Waals surface area contributed by atoms with E-state index >= 15 is 0 Å². The molecular formula is C21H28ClIN6O. The summed E-state index contributed by atoms with van der Waals surface area (Å²) in [7, 11) is 1.75. The minimum absolute atomic E-state index is 0. The van der Waals surface area contributed by atoms with Gasteiger partial charge in [0, 0.05) is 51.0 Å². The highest BCUT2D eigenvalue weighted by molar-refractivity contribution is 14.0. The predicted molar refractivity (Wildman–Crippen MR) is 133 cm³/mol. The Hall–Kier alpha value is -2.07. The van der Waals surface area contributed by atoms with Gasteiger partial charge in [0.2, 0.25) is 0 Å². The maximum atomic E-state index is 12.0. The van der Waals surface area contributed by atoms with Gasteiger partial charge in [-0.25, -0.2) is 4.98 Å². The summed E-state index contributed by atoms with van der Waals surface area (Å²) in [6.07, 6.45) is 2.73. The van der Waals surface area contributed by atoms with Crippen molar-refractivity contribution in [3.8, 4) is 0 Å². The lowest BCUT2D eigenvalue weighted by molar-refractivity contribution is 0.0955. The number of carbonyl (C=O) groups is 1. The number of aliphatic imine (C=N–C) groups is 1. The lowest BCUT2D eigenvalue weighted by atomic mass is 10.1. The number of hydrogen-bond donors (Lipinski definition) is 3. The molecule has 3 rings (SSSR count). The Morgan fingerprint density at radius 3 is 2.87 bits per heavy atom. The monoisotopic (exact) mass is 542 g/mol. The van der Waals surface area contributed by atoms with Crippen LogP contribution in [0.4, 0.5) is 5.82 Å². The van der Waals surface area contributed by atoms with Crippen LogP contribution in [0.25, 0.3) is 0 Å². The molecule has 162 valence electrons. The standard InChI is InChI=1S/C21H27ClN6O.HI/c1-3-24-20(29)16-7-4-6-15(12-16)13-26-21(23-2)27-17-9-11-28(14-17)19-18(22)8-5-10-25-19;/h4-8,10,12,17H,3,9,11,13-14H2,1-2H3,(H,24,29)(H2,23,26,27);1H. The van der Waals surface area contributed by atoms with E-state index < -0.39 is 0 Å². The largest absolute Gasteiger partial charge is 0.353 e. The Bertz CT molecular complexity index is 878. The van der Waals surface area contributed by atoms with Crippen LogP contribution >= 0.6 is 35.6 Å². The Kier molecular flexibility index (Phi) is 9.64. The second-order valence-electron chi connectivity index (χ2n) is 6.87. The Labute approximate surface area is 199 Å². The minimum Gasteiger partial charge on any atom is -0.353 e. The molecule has 0 spiro atoms. The summed E-state index contributed by atoms with van der Waals surface area (Å²) >= 11 is 6.27. The van der Waals surface area contributed by atoms with Gasteiger partial charge in [0.25, 0.3) is 5.91 Å². The van der Waals surface area contributed by atoms with E-state index in [1.54, 1.807) is 13.2 Å². The van der Waals surface area contributed by atoms with E-state index in [9.17, 15) is 4.79 Å². The first-order valence-electron chi connectivity index (χ1n) is 9.80. The summed E-state index contributed by atoms with van der Waals surface area (Å²) in [5.41, 5.74) is 1.68. The van der Waals surface area contributed by atoms with Gasteiger partial charge in [0.1, 0.15) is 5.82 Å². The van der Waals surface area contributed by atoms with Crippen molar-refractivity contribution in [2.75, 3.05) is 31.6 Å². The highest BCUT2D eigenvalue weighted by Gasteiger charge is 2.25. The lowest BCUT2D eigenvalue weighted by Gasteiger charge is -2.20. The van der Waals surface area contributed by atoms with Gasteiger partial charge >= 0.3 is 0 Å². The van der Waals surface area contributed by atoms with E-state index in [1.165, 1.54) is 0 Å². The number of guanidine groups is 1. The fourth-order valence-electron chi connectivity index (χ4n) is 3.34. The Morgan fingerprint density at radius 1 is 1.30 bits per heavy atom. The second-order valence-corrected chi connectivity index (χ2v) is 7.28. The fourth-order valence-corrected chi connectivity index (χ4v) is 3.58. The van der Waals surface area contributed by atoms with Crippen LogP contribution in [0.15, 0.2) is 47.6 Å². The molecule has 2 heterocycles. The fraction of sp³-hybridized carbons (Fsp3) is 0.381. The molecule has 0 aliphatic carbocycles. The zero-order valence-electron chi connectivity index (χ0n) is 17.2. The van der Waals surface area contributed by atoms with Gasteiger partial charge in [-0.15, -0.1) is 24.0 Å². The van der Waals surface area contributed by atoms with E-state index in [1.807, 2.05) is 43.3 Å². The van der Waals surface area contributed by atoms with Crippen LogP contribution in [0.5, 0.6) is 0 Å². The van der Waals surface area contributed by atoms with Gasteiger partial charge in [-0.05, 0) is 43.2 Å². The maximum absolute atomic E-state index is 12.0. The van der Waals surface area contributed by atoms with E-state index in [4.69, 9.17) is 11.6 Å². The van der Waals surface area contributed by atoms with Gasteiger partial charge in [0.05, 0.1) is 5.02 Å². The van der Waals surface area contributed by atoms with Crippen LogP contribution in [0.3, 0.4) is 0 Å². The predicted octanol–water partition coefficient (Wildman–Crippen LogP) is 3.05. The van der Waals surface area contributed by atoms with Gasteiger partial charge in [-0.3, -0.25) is 9.79 Å². The number of carbonyl (C=O) groups excluding carboxylic acids is 1. The highest BCUT2D eigenvalue weighted by Crippen LogP contribution is 2.25. The molecule has 1 atom stereocenters. The summed E-state index contributed by atoms with van der Waals surface area (Å²) in [5.74, 6) is 1.49. The summed E-state index contributed by atoms with van der Waals surface area (Å²) in [6.45, 7) is 4.80. The number of anilines is 1. The number of rotatable bonds is 6. The first-order chi connectivity index (χ1) is 14.1. The molecule has 0 bridgehead atoms. The highest BCUT2D eigenvalue weighted by atomic mass is 127. The molecule has 1 aliphatic heterocycles. The normalized spacial score (nSPS) is 16.0. The number of pyridine rings is 1. The third-order valence-corrected chi connectivity index (χ3v) is 5.07. The molecule has 1 saturated heterocycles. The van der Waals surface area contributed by atoms with Gasteiger partial charge in [0.15, 0.2) is 5.96 Å². The van der Waals surface area contributed by atoms with Gasteiger partial charge < -0.3 is 20.9 Å². The number of hydrogen-bond acceptors (Lipinski definition) is 4. The molecule has 3 N–H and O–H groups in total. The van der Waals surface area contributed by atoms with Crippen molar-refractivity contribution < 1.29 is 4.79 Å². The molecule has 30 heavy (non-hydrogen) atoms. The molecule has 0 radical (unpaired) electrons. The maximum Gasteiger partial charge on any atom is 0.251 e. The van der Waals surface area contributed by atoms with Crippen LogP contribution in [0.2, 0.25) is 5.02 Å². The van der Waals surface area contributed by atoms with Crippen LogP contribution in [-0.4, -0.2) is 49.6 Å². The van der Waals surface area contributed by atoms with Gasteiger partial charge in [-0.2, -0.15) is 0 Å². The molecule has 9 heteroatoms. The van der Waals surface area contributed by atoms with Crippen molar-refractivity contribution in [3.63, 3.8) is 0 Å². The number of halogens is 2. The molecule has 7 nitrogen and oxygen atoms in total. The average Bonchev–Trinajstić information content (AvgIpc) is 3.20. The zero-order chi connectivity index (χ0) is 20.6. The molecular weight excluding hydrogens is 515 g/mol. The van der Waals surface area contributed by atoms with Crippen molar-refractivity contribution in [1.29, 1.82) is 0 Å². The van der Waals surface area contributed by atoms with E-state index in [0.29, 0.717) is 23.7 Å². The van der Waals surface area contributed by atoms with Crippen molar-refractivity contribution in [1.82, 2.24) is 20.9 Å². The quantitative estimate of drug-likeness (QED) is 0.297. The van der Waals surface area contributed by atoms with E-state index in [-0.39, 0.29) is 35.9 Å². The minimum atomic E-state index is -0.0592. The Morgan fingerprint density at radius 2 is 2.13 bits per heavy atom. The van der Waals surface area contributed by atoms with Crippen molar-refractivity contribution in [3.05, 3.63) is 58.7 Å². The lowest BCUT2D eigenvalue weighted by Crippen LogP contribution is -2.44. The molecule has 1 aliphatic rings. The number of nitrogens with zero attached hydrogens (tertiary/aromatic N) is 3. The molecule has 2 aromatic rings. The molecule has 1 aromatic carbocycles. The van der Waals surface area contributed by atoms with Crippen LogP contribution in [0, 0.1) is 0 Å². The molecule has 1 amide bonds. The van der Waals surface area contributed by atoms with E-state index in [0.717, 1.165) is 36.9 Å². The topological polar surface area (TPSA) is 81.6 Å². The summed E-state index contributed by atoms with van der Waals surface area (Å²) < 4.78 is 0. The number of nitrogens with one attached hydrogen (secondary N) is 3. The van der Waals surface area contributed by atoms with Crippen LogP contribution in [0.1, 0.15) is 29.3 Å². The van der Waals surface area contributed by atoms with E-state index in [2.05, 4.69) is 30.8 Å². The SMILES string of the molecule is CCNC(=O)c1cccc(CNC(=NC)NC2CCN(c3ncccc3Cl)C2)c1.I. The third kappa shape index (κ3) is 6.46. The number of aromatic nitrogens is 1. The van der Waals surface area contributed by atoms with Crippen molar-refractivity contribution in [2.24, 2.45) is 4.99 Å². The molecule has 1 unspecified atom stereocenters. The smallest absolute Gasteiger partial charge is 0.251 e. The van der Waals surface area contributed by atoms with Crippen LogP contribution < -0.4 is 20.9 Å². The van der Waals surface area contributed by atoms with Crippen molar-refractivity contribution >= 4 is 53.3 Å². The number of benzene rings is 1. The summed E-state index contributed by atoms with van der Waals surface area (Å²) in [5, 5.41) is 10.3. The zero-order valence-corrected chi connectivity index (χ0v) is 20.3. The molecule has 1 fully saturated rings. The Balaban J connectivity index is 0.00000320. The third-order valence-electron chi connectivity index (χ3n) is 4.78.